The molecule has 1 saturated heterocycles. The molecular formula is C10H13N5. The van der Waals surface area contributed by atoms with Gasteiger partial charge >= 0.3 is 0 Å². The van der Waals surface area contributed by atoms with Crippen LogP contribution < -0.4 is 10.6 Å². The summed E-state index contributed by atoms with van der Waals surface area (Å²) in [6.07, 6.45) is 4.76. The molecule has 5 heteroatoms. The molecule has 0 radical (unpaired) electrons. The summed E-state index contributed by atoms with van der Waals surface area (Å²) in [5.74, 6) is 0.911. The standard InChI is InChI=1S/C10H13N5/c1-2-10-12-5-6-15(10)14-9(1)13-8-3-4-11-7-8/h1-2,5-6,8,11H,3-4,7H2,(H,13,14)/t8-/m0/s1. The van der Waals surface area contributed by atoms with Crippen LogP contribution in [0.5, 0.6) is 0 Å². The summed E-state index contributed by atoms with van der Waals surface area (Å²) >= 11 is 0. The summed E-state index contributed by atoms with van der Waals surface area (Å²) < 4.78 is 1.78. The van der Waals surface area contributed by atoms with E-state index in [2.05, 4.69) is 20.7 Å². The smallest absolute Gasteiger partial charge is 0.153 e. The summed E-state index contributed by atoms with van der Waals surface area (Å²) in [4.78, 5) is 4.15. The lowest BCUT2D eigenvalue weighted by molar-refractivity contribution is 0.778. The molecule has 0 spiro atoms. The molecule has 2 aromatic heterocycles. The fourth-order valence-corrected chi connectivity index (χ4v) is 1.88. The number of hydrogen-bond donors (Lipinski definition) is 2. The van der Waals surface area contributed by atoms with Crippen LogP contribution in [-0.4, -0.2) is 33.7 Å². The summed E-state index contributed by atoms with van der Waals surface area (Å²) in [7, 11) is 0. The van der Waals surface area contributed by atoms with E-state index in [0.29, 0.717) is 6.04 Å². The quantitative estimate of drug-likeness (QED) is 0.746. The Morgan fingerprint density at radius 3 is 3.33 bits per heavy atom. The Bertz CT molecular complexity index is 458. The van der Waals surface area contributed by atoms with Crippen molar-refractivity contribution < 1.29 is 0 Å². The molecule has 2 N–H and O–H groups in total. The molecular weight excluding hydrogens is 190 g/mol. The molecule has 78 valence electrons. The SMILES string of the molecule is c1cn2nc(N[C@H]3CCNC3)ccc2n1. The molecule has 1 aliphatic rings. The highest BCUT2D eigenvalue weighted by Gasteiger charge is 2.14. The number of hydrogen-bond acceptors (Lipinski definition) is 4. The van der Waals surface area contributed by atoms with Crippen molar-refractivity contribution in [2.75, 3.05) is 18.4 Å². The van der Waals surface area contributed by atoms with Crippen LogP contribution in [0, 0.1) is 0 Å². The Balaban J connectivity index is 1.84. The first-order chi connectivity index (χ1) is 7.42. The van der Waals surface area contributed by atoms with E-state index < -0.39 is 0 Å². The Kier molecular flexibility index (Phi) is 2.03. The molecule has 0 unspecified atom stereocenters. The summed E-state index contributed by atoms with van der Waals surface area (Å²) in [6.45, 7) is 2.11. The van der Waals surface area contributed by atoms with Crippen LogP contribution >= 0.6 is 0 Å². The van der Waals surface area contributed by atoms with Crippen molar-refractivity contribution in [1.29, 1.82) is 0 Å². The summed E-state index contributed by atoms with van der Waals surface area (Å²) in [6, 6.07) is 4.44. The number of aromatic nitrogens is 3. The zero-order chi connectivity index (χ0) is 10.1. The molecule has 5 nitrogen and oxygen atoms in total. The first kappa shape index (κ1) is 8.67. The van der Waals surface area contributed by atoms with Gasteiger partial charge in [0, 0.05) is 25.0 Å². The minimum absolute atomic E-state index is 0.499. The van der Waals surface area contributed by atoms with Crippen LogP contribution in [0.25, 0.3) is 5.65 Å². The summed E-state index contributed by atoms with van der Waals surface area (Å²) in [5, 5.41) is 11.1. The molecule has 0 bridgehead atoms. The number of imidazole rings is 1. The van der Waals surface area contributed by atoms with Crippen LogP contribution in [-0.2, 0) is 0 Å². The van der Waals surface area contributed by atoms with Crippen molar-refractivity contribution in [3.8, 4) is 0 Å². The Morgan fingerprint density at radius 2 is 2.47 bits per heavy atom. The number of nitrogens with zero attached hydrogens (tertiary/aromatic N) is 3. The average molecular weight is 203 g/mol. The molecule has 3 rings (SSSR count). The monoisotopic (exact) mass is 203 g/mol. The molecule has 2 aromatic rings. The highest BCUT2D eigenvalue weighted by Crippen LogP contribution is 2.09. The molecule has 1 atom stereocenters. The van der Waals surface area contributed by atoms with E-state index in [4.69, 9.17) is 0 Å². The van der Waals surface area contributed by atoms with E-state index in [0.717, 1.165) is 31.0 Å². The third-order valence-electron chi connectivity index (χ3n) is 2.67. The predicted octanol–water partition coefficient (Wildman–Crippen LogP) is 0.503. The van der Waals surface area contributed by atoms with Gasteiger partial charge in [-0.2, -0.15) is 0 Å². The van der Waals surface area contributed by atoms with Crippen molar-refractivity contribution in [2.45, 2.75) is 12.5 Å². The zero-order valence-corrected chi connectivity index (χ0v) is 8.35. The second-order valence-corrected chi connectivity index (χ2v) is 3.78. The highest BCUT2D eigenvalue weighted by molar-refractivity contribution is 5.44. The van der Waals surface area contributed by atoms with Crippen molar-refractivity contribution in [3.63, 3.8) is 0 Å². The van der Waals surface area contributed by atoms with Gasteiger partial charge in [0.15, 0.2) is 5.65 Å². The lowest BCUT2D eigenvalue weighted by Gasteiger charge is -2.11. The van der Waals surface area contributed by atoms with Gasteiger partial charge in [0.1, 0.15) is 5.82 Å². The third kappa shape index (κ3) is 1.66. The molecule has 0 saturated carbocycles. The third-order valence-corrected chi connectivity index (χ3v) is 2.67. The van der Waals surface area contributed by atoms with E-state index in [1.165, 1.54) is 0 Å². The van der Waals surface area contributed by atoms with Gasteiger partial charge in [-0.05, 0) is 25.1 Å². The van der Waals surface area contributed by atoms with E-state index in [1.807, 2.05) is 18.3 Å². The zero-order valence-electron chi connectivity index (χ0n) is 8.35. The van der Waals surface area contributed by atoms with Gasteiger partial charge in [-0.1, -0.05) is 0 Å². The first-order valence-electron chi connectivity index (χ1n) is 5.19. The number of rotatable bonds is 2. The highest BCUT2D eigenvalue weighted by atomic mass is 15.3. The lowest BCUT2D eigenvalue weighted by atomic mass is 10.2. The van der Waals surface area contributed by atoms with E-state index in [9.17, 15) is 0 Å². The lowest BCUT2D eigenvalue weighted by Crippen LogP contribution is -2.23. The Morgan fingerprint density at radius 1 is 1.47 bits per heavy atom. The van der Waals surface area contributed by atoms with Gasteiger partial charge in [0.25, 0.3) is 0 Å². The van der Waals surface area contributed by atoms with Gasteiger partial charge in [0.2, 0.25) is 0 Å². The first-order valence-corrected chi connectivity index (χ1v) is 5.19. The molecule has 15 heavy (non-hydrogen) atoms. The van der Waals surface area contributed by atoms with Crippen LogP contribution in [0.1, 0.15) is 6.42 Å². The predicted molar refractivity (Wildman–Crippen MR) is 57.9 cm³/mol. The molecule has 3 heterocycles. The van der Waals surface area contributed by atoms with E-state index in [1.54, 1.807) is 10.7 Å². The fraction of sp³-hybridized carbons (Fsp3) is 0.400. The van der Waals surface area contributed by atoms with Gasteiger partial charge in [-0.15, -0.1) is 5.10 Å². The number of nitrogens with one attached hydrogen (secondary N) is 2. The van der Waals surface area contributed by atoms with Crippen LogP contribution in [0.4, 0.5) is 5.82 Å². The second kappa shape index (κ2) is 3.51. The maximum Gasteiger partial charge on any atom is 0.153 e. The van der Waals surface area contributed by atoms with Crippen LogP contribution in [0.15, 0.2) is 24.5 Å². The van der Waals surface area contributed by atoms with Crippen molar-refractivity contribution in [1.82, 2.24) is 19.9 Å². The normalized spacial score (nSPS) is 20.9. The van der Waals surface area contributed by atoms with Crippen molar-refractivity contribution in [3.05, 3.63) is 24.5 Å². The van der Waals surface area contributed by atoms with Gasteiger partial charge < -0.3 is 10.6 Å². The largest absolute Gasteiger partial charge is 0.365 e. The van der Waals surface area contributed by atoms with Crippen molar-refractivity contribution in [2.24, 2.45) is 0 Å². The maximum absolute atomic E-state index is 4.41. The molecule has 0 aliphatic carbocycles. The molecule has 1 aliphatic heterocycles. The average Bonchev–Trinajstić information content (AvgIpc) is 2.87. The summed E-state index contributed by atoms with van der Waals surface area (Å²) in [5.41, 5.74) is 0.880. The fourth-order valence-electron chi connectivity index (χ4n) is 1.88. The number of anilines is 1. The minimum atomic E-state index is 0.499. The molecule has 1 fully saturated rings. The maximum atomic E-state index is 4.41. The second-order valence-electron chi connectivity index (χ2n) is 3.78. The molecule has 0 amide bonds. The Hall–Kier alpha value is -1.62. The van der Waals surface area contributed by atoms with Crippen LogP contribution in [0.2, 0.25) is 0 Å². The van der Waals surface area contributed by atoms with Gasteiger partial charge in [-0.3, -0.25) is 0 Å². The van der Waals surface area contributed by atoms with E-state index in [-0.39, 0.29) is 0 Å². The topological polar surface area (TPSA) is 54.2 Å². The number of fused-ring (bicyclic) bond motifs is 1. The van der Waals surface area contributed by atoms with Gasteiger partial charge in [0.05, 0.1) is 0 Å². The van der Waals surface area contributed by atoms with E-state index >= 15 is 0 Å². The van der Waals surface area contributed by atoms with Crippen LogP contribution in [0.3, 0.4) is 0 Å². The van der Waals surface area contributed by atoms with Crippen molar-refractivity contribution >= 4 is 11.5 Å². The minimum Gasteiger partial charge on any atom is -0.365 e. The Labute approximate surface area is 87.5 Å². The molecule has 0 aromatic carbocycles. The van der Waals surface area contributed by atoms with Gasteiger partial charge in [-0.25, -0.2) is 9.50 Å².